The Kier molecular flexibility index (Phi) is 17.0. The third-order valence-electron chi connectivity index (χ3n) is 8.83. The maximum absolute atomic E-state index is 10.6. The number of nitrogens with zero attached hydrogens (tertiary/aromatic N) is 4. The zero-order valence-electron chi connectivity index (χ0n) is 29.6. The highest BCUT2D eigenvalue weighted by atomic mass is 16.6. The number of rotatable bonds is 8. The number of aliphatic hydroxyl groups is 1. The number of aliphatic hydroxyl groups excluding tert-OH is 1. The number of hydrogen-bond acceptors (Lipinski definition) is 10. The highest BCUT2D eigenvalue weighted by molar-refractivity contribution is 5.36. The smallest absolute Gasteiger partial charge is 0.269 e. The van der Waals surface area contributed by atoms with Crippen LogP contribution in [0.3, 0.4) is 0 Å². The summed E-state index contributed by atoms with van der Waals surface area (Å²) in [6, 6.07) is 32.4. The van der Waals surface area contributed by atoms with Crippen molar-refractivity contribution in [1.82, 2.24) is 9.80 Å². The number of nitro benzene ring substituents is 2. The SMILES string of the molecule is C1CCOC1.O=[N+]([O-])c1ccc(O)cc1.O=[N+]([O-])c1ccc(OC2CCN(Cc3ccccc3)CC2)cc1.OC1CCN(Cc2ccccc2)CC1. The predicted molar refractivity (Wildman–Crippen MR) is 200 cm³/mol. The number of benzene rings is 4. The lowest BCUT2D eigenvalue weighted by Gasteiger charge is -2.32. The first kappa shape index (κ1) is 39.9. The van der Waals surface area contributed by atoms with Crippen LogP contribution in [0.1, 0.15) is 49.7 Å². The lowest BCUT2D eigenvalue weighted by molar-refractivity contribution is -0.385. The first-order valence-corrected chi connectivity index (χ1v) is 17.9. The fraction of sp³-hybridized carbons (Fsp3) is 0.400. The van der Waals surface area contributed by atoms with Gasteiger partial charge in [-0.25, -0.2) is 0 Å². The van der Waals surface area contributed by atoms with Crippen molar-refractivity contribution in [3.05, 3.63) is 141 Å². The maximum Gasteiger partial charge on any atom is 0.269 e. The van der Waals surface area contributed by atoms with Gasteiger partial charge in [0.25, 0.3) is 11.4 Å². The number of hydrogen-bond donors (Lipinski definition) is 2. The second-order valence-corrected chi connectivity index (χ2v) is 12.9. The maximum atomic E-state index is 10.6. The van der Waals surface area contributed by atoms with Crippen LogP contribution in [0, 0.1) is 20.2 Å². The van der Waals surface area contributed by atoms with Gasteiger partial charge in [0, 0.05) is 76.7 Å². The fourth-order valence-electron chi connectivity index (χ4n) is 5.87. The molecule has 0 spiro atoms. The molecule has 0 saturated carbocycles. The molecule has 3 fully saturated rings. The molecule has 4 aromatic rings. The Morgan fingerprint density at radius 3 is 1.46 bits per heavy atom. The molecule has 52 heavy (non-hydrogen) atoms. The van der Waals surface area contributed by atoms with Crippen molar-refractivity contribution in [1.29, 1.82) is 0 Å². The molecule has 3 aliphatic heterocycles. The summed E-state index contributed by atoms with van der Waals surface area (Å²) >= 11 is 0. The number of aromatic hydroxyl groups is 1. The number of piperidine rings is 2. The summed E-state index contributed by atoms with van der Waals surface area (Å²) in [4.78, 5) is 24.6. The molecule has 3 saturated heterocycles. The summed E-state index contributed by atoms with van der Waals surface area (Å²) in [5.74, 6) is 0.739. The molecule has 12 nitrogen and oxygen atoms in total. The van der Waals surface area contributed by atoms with E-state index in [1.165, 1.54) is 60.4 Å². The van der Waals surface area contributed by atoms with Gasteiger partial charge >= 0.3 is 0 Å². The molecular weight excluding hydrogens is 664 g/mol. The number of nitro groups is 2. The Labute approximate surface area is 305 Å². The van der Waals surface area contributed by atoms with Gasteiger partial charge < -0.3 is 19.7 Å². The molecule has 278 valence electrons. The van der Waals surface area contributed by atoms with Crippen LogP contribution in [0.25, 0.3) is 0 Å². The minimum absolute atomic E-state index is 0.0159. The van der Waals surface area contributed by atoms with Crippen LogP contribution < -0.4 is 4.74 Å². The molecule has 0 aliphatic carbocycles. The van der Waals surface area contributed by atoms with E-state index in [0.29, 0.717) is 5.75 Å². The Morgan fingerprint density at radius 1 is 0.635 bits per heavy atom. The second kappa shape index (κ2) is 22.1. The standard InChI is InChI=1S/C18H20N2O3.C12H17NO.C6H5NO3.C4H8O/c21-20(22)16-6-8-17(9-7-16)23-18-10-12-19(13-11-18)14-15-4-2-1-3-5-15;14-12-6-8-13(9-7-12)10-11-4-2-1-3-5-11;8-6-3-1-5(2-4-6)7(9)10;1-2-4-5-3-1/h1-9,18H,10-14H2;1-5,12,14H,6-10H2;1-4,8H;1-4H2. The predicted octanol–water partition coefficient (Wildman–Crippen LogP) is 7.38. The Bertz CT molecular complexity index is 1570. The van der Waals surface area contributed by atoms with Gasteiger partial charge in [0.1, 0.15) is 17.6 Å². The van der Waals surface area contributed by atoms with Gasteiger partial charge in [-0.2, -0.15) is 0 Å². The topological polar surface area (TPSA) is 152 Å². The molecule has 12 heteroatoms. The van der Waals surface area contributed by atoms with E-state index in [9.17, 15) is 25.3 Å². The van der Waals surface area contributed by atoms with Gasteiger partial charge in [-0.05, 0) is 73.9 Å². The van der Waals surface area contributed by atoms with Crippen LogP contribution in [-0.4, -0.2) is 81.5 Å². The van der Waals surface area contributed by atoms with Crippen LogP contribution in [0.2, 0.25) is 0 Å². The van der Waals surface area contributed by atoms with Gasteiger partial charge in [0.2, 0.25) is 0 Å². The number of phenols is 1. The molecule has 3 aliphatic rings. The average Bonchev–Trinajstić information content (AvgIpc) is 3.76. The van der Waals surface area contributed by atoms with E-state index < -0.39 is 9.85 Å². The second-order valence-electron chi connectivity index (χ2n) is 12.9. The molecule has 0 radical (unpaired) electrons. The number of non-ortho nitro benzene ring substituents is 2. The molecule has 4 aromatic carbocycles. The highest BCUT2D eigenvalue weighted by Crippen LogP contribution is 2.23. The van der Waals surface area contributed by atoms with Crippen molar-refractivity contribution in [2.45, 2.75) is 63.8 Å². The number of likely N-dealkylation sites (tertiary alicyclic amines) is 2. The molecule has 0 bridgehead atoms. The minimum atomic E-state index is -0.514. The average molecular weight is 715 g/mol. The van der Waals surface area contributed by atoms with Crippen LogP contribution in [-0.2, 0) is 17.8 Å². The van der Waals surface area contributed by atoms with Crippen molar-refractivity contribution in [2.75, 3.05) is 39.4 Å². The third-order valence-corrected chi connectivity index (χ3v) is 8.83. The van der Waals surface area contributed by atoms with E-state index >= 15 is 0 Å². The molecule has 0 atom stereocenters. The van der Waals surface area contributed by atoms with E-state index in [-0.39, 0.29) is 29.3 Å². The zero-order chi connectivity index (χ0) is 37.0. The van der Waals surface area contributed by atoms with Gasteiger partial charge in [0.05, 0.1) is 16.0 Å². The molecule has 0 amide bonds. The van der Waals surface area contributed by atoms with Gasteiger partial charge in [0.15, 0.2) is 0 Å². The Morgan fingerprint density at radius 2 is 1.06 bits per heavy atom. The van der Waals surface area contributed by atoms with Crippen molar-refractivity contribution in [2.24, 2.45) is 0 Å². The van der Waals surface area contributed by atoms with E-state index in [1.807, 2.05) is 12.1 Å². The summed E-state index contributed by atoms with van der Waals surface area (Å²) in [5.41, 5.74) is 2.78. The number of ether oxygens (including phenoxy) is 2. The molecular formula is C40H50N4O8. The highest BCUT2D eigenvalue weighted by Gasteiger charge is 2.21. The van der Waals surface area contributed by atoms with Crippen molar-refractivity contribution in [3.63, 3.8) is 0 Å². The number of phenolic OH excluding ortho intramolecular Hbond substituents is 1. The van der Waals surface area contributed by atoms with Crippen molar-refractivity contribution in [3.8, 4) is 11.5 Å². The molecule has 7 rings (SSSR count). The monoisotopic (exact) mass is 714 g/mol. The fourth-order valence-corrected chi connectivity index (χ4v) is 5.87. The third kappa shape index (κ3) is 15.2. The van der Waals surface area contributed by atoms with E-state index in [1.54, 1.807) is 12.1 Å². The van der Waals surface area contributed by atoms with Crippen LogP contribution >= 0.6 is 0 Å². The van der Waals surface area contributed by atoms with Gasteiger partial charge in [-0.1, -0.05) is 60.7 Å². The van der Waals surface area contributed by atoms with Gasteiger partial charge in [-0.15, -0.1) is 0 Å². The summed E-state index contributed by atoms with van der Waals surface area (Å²) in [6.07, 6.45) is 6.47. The Hall–Kier alpha value is -4.88. The van der Waals surface area contributed by atoms with Crippen molar-refractivity contribution >= 4 is 11.4 Å². The first-order valence-electron chi connectivity index (χ1n) is 17.9. The summed E-state index contributed by atoms with van der Waals surface area (Å²) < 4.78 is 10.9. The van der Waals surface area contributed by atoms with E-state index in [2.05, 4.69) is 58.3 Å². The largest absolute Gasteiger partial charge is 0.508 e. The van der Waals surface area contributed by atoms with Crippen LogP contribution in [0.4, 0.5) is 11.4 Å². The molecule has 0 aromatic heterocycles. The van der Waals surface area contributed by atoms with Crippen LogP contribution in [0.5, 0.6) is 11.5 Å². The summed E-state index contributed by atoms with van der Waals surface area (Å²) in [5, 5.41) is 38.8. The molecule has 0 unspecified atom stereocenters. The molecule has 2 N–H and O–H groups in total. The van der Waals surface area contributed by atoms with Crippen LogP contribution in [0.15, 0.2) is 109 Å². The minimum Gasteiger partial charge on any atom is -0.508 e. The lowest BCUT2D eigenvalue weighted by atomic mass is 10.1. The normalized spacial score (nSPS) is 16.6. The molecule has 3 heterocycles. The first-order chi connectivity index (χ1) is 25.2. The zero-order valence-corrected chi connectivity index (χ0v) is 29.6. The quantitative estimate of drug-likeness (QED) is 0.140. The summed E-state index contributed by atoms with van der Waals surface area (Å²) in [7, 11) is 0. The van der Waals surface area contributed by atoms with E-state index in [0.717, 1.165) is 78.2 Å². The lowest BCUT2D eigenvalue weighted by Crippen LogP contribution is -2.37. The van der Waals surface area contributed by atoms with E-state index in [4.69, 9.17) is 14.6 Å². The van der Waals surface area contributed by atoms with Crippen molar-refractivity contribution < 1.29 is 29.5 Å². The summed E-state index contributed by atoms with van der Waals surface area (Å²) in [6.45, 7) is 8.06. The Balaban J connectivity index is 0.000000176. The van der Waals surface area contributed by atoms with Gasteiger partial charge in [-0.3, -0.25) is 30.0 Å².